The maximum atomic E-state index is 13.2. The van der Waals surface area contributed by atoms with Crippen LogP contribution in [-0.4, -0.2) is 57.1 Å². The van der Waals surface area contributed by atoms with E-state index in [4.69, 9.17) is 9.47 Å². The molecule has 10 nitrogen and oxygen atoms in total. The van der Waals surface area contributed by atoms with Gasteiger partial charge in [0.15, 0.2) is 16.1 Å². The van der Waals surface area contributed by atoms with Gasteiger partial charge in [-0.3, -0.25) is 4.40 Å². The average molecular weight is 463 g/mol. The van der Waals surface area contributed by atoms with Crippen LogP contribution in [0.2, 0.25) is 0 Å². The van der Waals surface area contributed by atoms with E-state index in [2.05, 4.69) is 10.1 Å². The lowest BCUT2D eigenvalue weighted by molar-refractivity contribution is -0.0411. The van der Waals surface area contributed by atoms with Crippen LogP contribution in [0.15, 0.2) is 29.4 Å². The number of ether oxygens (including phenoxy) is 2. The molecule has 172 valence electrons. The number of carboxylic acid groups (broad SMARTS) is 1. The molecule has 1 atom stereocenters. The smallest absolute Gasteiger partial charge is 0.354 e. The van der Waals surface area contributed by atoms with Crippen molar-refractivity contribution >= 4 is 21.5 Å². The predicted molar refractivity (Wildman–Crippen MR) is 116 cm³/mol. The second-order valence-corrected chi connectivity index (χ2v) is 11.4. The molecule has 0 radical (unpaired) electrons. The van der Waals surface area contributed by atoms with Crippen molar-refractivity contribution in [1.29, 1.82) is 0 Å². The van der Waals surface area contributed by atoms with Gasteiger partial charge in [0, 0.05) is 24.9 Å². The second kappa shape index (κ2) is 7.89. The van der Waals surface area contributed by atoms with Crippen LogP contribution >= 0.6 is 0 Å². The van der Waals surface area contributed by atoms with Gasteiger partial charge in [0.2, 0.25) is 0 Å². The number of pyridine rings is 1. The number of carboxylic acids is 1. The lowest BCUT2D eigenvalue weighted by atomic mass is 10.2. The third-order valence-electron chi connectivity index (χ3n) is 5.54. The van der Waals surface area contributed by atoms with Gasteiger partial charge in [0.25, 0.3) is 0 Å². The third kappa shape index (κ3) is 3.65. The monoisotopic (exact) mass is 462 g/mol. The molecule has 1 unspecified atom stereocenters. The zero-order valence-corrected chi connectivity index (χ0v) is 19.2. The maximum Gasteiger partial charge on any atom is 0.354 e. The summed E-state index contributed by atoms with van der Waals surface area (Å²) in [5.74, 6) is -0.929. The molecule has 3 aromatic rings. The van der Waals surface area contributed by atoms with Crippen molar-refractivity contribution in [2.75, 3.05) is 13.7 Å². The Morgan fingerprint density at radius 1 is 1.28 bits per heavy atom. The summed E-state index contributed by atoms with van der Waals surface area (Å²) in [6.07, 6.45) is 5.03. The number of imidazole rings is 1. The number of aromatic carboxylic acids is 1. The molecule has 1 fully saturated rings. The van der Waals surface area contributed by atoms with Crippen LogP contribution in [0.25, 0.3) is 17.0 Å². The van der Waals surface area contributed by atoms with Crippen molar-refractivity contribution in [3.8, 4) is 17.1 Å². The molecule has 3 aromatic heterocycles. The second-order valence-electron chi connectivity index (χ2n) is 8.68. The number of fused-ring (bicyclic) bond motifs is 1. The lowest BCUT2D eigenvalue weighted by Crippen LogP contribution is -2.28. The van der Waals surface area contributed by atoms with Gasteiger partial charge in [-0.1, -0.05) is 0 Å². The summed E-state index contributed by atoms with van der Waals surface area (Å²) in [7, 11) is -2.33. The first kappa shape index (κ1) is 22.3. The Kier molecular flexibility index (Phi) is 5.49. The van der Waals surface area contributed by atoms with Crippen LogP contribution in [0.4, 0.5) is 0 Å². The lowest BCUT2D eigenvalue weighted by Gasteiger charge is -2.23. The molecule has 0 bridgehead atoms. The van der Waals surface area contributed by atoms with E-state index in [-0.39, 0.29) is 16.3 Å². The van der Waals surface area contributed by atoms with E-state index in [1.165, 1.54) is 30.3 Å². The van der Waals surface area contributed by atoms with Crippen LogP contribution < -0.4 is 4.74 Å². The first-order valence-corrected chi connectivity index (χ1v) is 11.8. The molecule has 0 aliphatic carbocycles. The molecule has 0 aromatic carbocycles. The topological polar surface area (TPSA) is 125 Å². The summed E-state index contributed by atoms with van der Waals surface area (Å²) in [4.78, 5) is 16.2. The molecule has 32 heavy (non-hydrogen) atoms. The zero-order chi connectivity index (χ0) is 23.3. The molecule has 0 spiro atoms. The first-order valence-electron chi connectivity index (χ1n) is 10.3. The highest BCUT2D eigenvalue weighted by Crippen LogP contribution is 2.34. The standard InChI is InChI=1S/C21H26N4O6S/c1-21(2,3)32(28,29)17-12-24-15(11-22-18(24)10-16(17)30-4)13-9-14(20(26)27)25(23-13)19-7-5-6-8-31-19/h9-12,19H,5-8H2,1-4H3,(H,26,27). The number of rotatable bonds is 5. The van der Waals surface area contributed by atoms with Crippen LogP contribution in [0.3, 0.4) is 0 Å². The van der Waals surface area contributed by atoms with Gasteiger partial charge in [-0.25, -0.2) is 22.9 Å². The van der Waals surface area contributed by atoms with Crippen molar-refractivity contribution in [3.05, 3.63) is 30.2 Å². The fourth-order valence-corrected chi connectivity index (χ4v) is 4.99. The van der Waals surface area contributed by atoms with E-state index in [0.29, 0.717) is 30.1 Å². The van der Waals surface area contributed by atoms with Crippen molar-refractivity contribution < 1.29 is 27.8 Å². The molecular formula is C21H26N4O6S. The van der Waals surface area contributed by atoms with Gasteiger partial charge in [-0.15, -0.1) is 0 Å². The van der Waals surface area contributed by atoms with Crippen molar-refractivity contribution in [1.82, 2.24) is 19.2 Å². The molecule has 4 rings (SSSR count). The summed E-state index contributed by atoms with van der Waals surface area (Å²) < 4.78 is 39.3. The molecule has 1 aliphatic rings. The van der Waals surface area contributed by atoms with Gasteiger partial charge in [-0.05, 0) is 40.0 Å². The van der Waals surface area contributed by atoms with Crippen molar-refractivity contribution in [2.24, 2.45) is 0 Å². The first-order chi connectivity index (χ1) is 15.0. The Morgan fingerprint density at radius 2 is 2.03 bits per heavy atom. The number of methoxy groups -OCH3 is 1. The molecule has 1 N–H and O–H groups in total. The highest BCUT2D eigenvalue weighted by molar-refractivity contribution is 7.92. The van der Waals surface area contributed by atoms with Gasteiger partial charge < -0.3 is 14.6 Å². The van der Waals surface area contributed by atoms with Crippen molar-refractivity contribution in [3.63, 3.8) is 0 Å². The molecule has 4 heterocycles. The molecular weight excluding hydrogens is 436 g/mol. The molecule has 0 amide bonds. The summed E-state index contributed by atoms with van der Waals surface area (Å²) in [5.41, 5.74) is 1.27. The van der Waals surface area contributed by atoms with Crippen LogP contribution in [0.5, 0.6) is 5.75 Å². The summed E-state index contributed by atoms with van der Waals surface area (Å²) in [6, 6.07) is 2.99. The number of hydrogen-bond donors (Lipinski definition) is 1. The van der Waals surface area contributed by atoms with Crippen LogP contribution in [-0.2, 0) is 14.6 Å². The van der Waals surface area contributed by atoms with E-state index < -0.39 is 26.8 Å². The van der Waals surface area contributed by atoms with Crippen LogP contribution in [0.1, 0.15) is 56.8 Å². The number of hydrogen-bond acceptors (Lipinski definition) is 7. The number of aromatic nitrogens is 4. The minimum absolute atomic E-state index is 0.00195. The third-order valence-corrected chi connectivity index (χ3v) is 8.03. The molecule has 1 saturated heterocycles. The molecule has 0 saturated carbocycles. The minimum Gasteiger partial charge on any atom is -0.495 e. The Bertz CT molecular complexity index is 1280. The Morgan fingerprint density at radius 3 is 2.62 bits per heavy atom. The van der Waals surface area contributed by atoms with Gasteiger partial charge >= 0.3 is 5.97 Å². The number of carbonyl (C=O) groups is 1. The van der Waals surface area contributed by atoms with Gasteiger partial charge in [0.1, 0.15) is 27.7 Å². The predicted octanol–water partition coefficient (Wildman–Crippen LogP) is 3.18. The largest absolute Gasteiger partial charge is 0.495 e. The van der Waals surface area contributed by atoms with E-state index in [1.54, 1.807) is 31.2 Å². The average Bonchev–Trinajstić information content (AvgIpc) is 3.36. The Hall–Kier alpha value is -2.92. The van der Waals surface area contributed by atoms with Gasteiger partial charge in [-0.2, -0.15) is 5.10 Å². The quantitative estimate of drug-likeness (QED) is 0.613. The number of nitrogens with zero attached hydrogens (tertiary/aromatic N) is 4. The van der Waals surface area contributed by atoms with E-state index in [9.17, 15) is 18.3 Å². The zero-order valence-electron chi connectivity index (χ0n) is 18.4. The SMILES string of the molecule is COc1cc2ncc(-c3cc(C(=O)O)n(C4CCCCO4)n3)n2cc1S(=O)(=O)C(C)(C)C. The fraction of sp³-hybridized carbons (Fsp3) is 0.476. The van der Waals surface area contributed by atoms with E-state index >= 15 is 0 Å². The highest BCUT2D eigenvalue weighted by atomic mass is 32.2. The Labute approximate surface area is 185 Å². The molecule has 11 heteroatoms. The van der Waals surface area contributed by atoms with Crippen molar-refractivity contribution in [2.45, 2.75) is 55.9 Å². The van der Waals surface area contributed by atoms with Crippen LogP contribution in [0, 0.1) is 0 Å². The van der Waals surface area contributed by atoms with Gasteiger partial charge in [0.05, 0.1) is 23.7 Å². The number of sulfone groups is 1. The maximum absolute atomic E-state index is 13.2. The molecule has 1 aliphatic heterocycles. The fourth-order valence-electron chi connectivity index (χ4n) is 3.68. The van der Waals surface area contributed by atoms with E-state index in [0.717, 1.165) is 12.8 Å². The summed E-state index contributed by atoms with van der Waals surface area (Å²) in [5, 5.41) is 14.2. The summed E-state index contributed by atoms with van der Waals surface area (Å²) >= 11 is 0. The van der Waals surface area contributed by atoms with E-state index in [1.807, 2.05) is 0 Å². The minimum atomic E-state index is -3.73. The Balaban J connectivity index is 1.89. The highest BCUT2D eigenvalue weighted by Gasteiger charge is 2.34. The normalized spacial score (nSPS) is 17.6. The summed E-state index contributed by atoms with van der Waals surface area (Å²) in [6.45, 7) is 5.39.